The lowest BCUT2D eigenvalue weighted by Gasteiger charge is -2.20. The number of hydrogen-bond acceptors (Lipinski definition) is 5. The minimum atomic E-state index is -0.365. The average molecular weight is 409 g/mol. The van der Waals surface area contributed by atoms with Gasteiger partial charge in [0.15, 0.2) is 5.82 Å². The Balaban J connectivity index is 1.84. The molecule has 1 amide bonds. The topological polar surface area (TPSA) is 81.2 Å². The van der Waals surface area contributed by atoms with Crippen LogP contribution in [0.25, 0.3) is 0 Å². The number of benzene rings is 1. The fourth-order valence-corrected chi connectivity index (χ4v) is 3.37. The summed E-state index contributed by atoms with van der Waals surface area (Å²) < 4.78 is 6.86. The van der Waals surface area contributed by atoms with Crippen LogP contribution in [0.3, 0.4) is 0 Å². The molecule has 1 aromatic carbocycles. The van der Waals surface area contributed by atoms with Gasteiger partial charge in [-0.15, -0.1) is 0 Å². The second-order valence-electron chi connectivity index (χ2n) is 8.04. The summed E-state index contributed by atoms with van der Waals surface area (Å²) in [6.45, 7) is 8.01. The zero-order chi connectivity index (χ0) is 21.8. The van der Waals surface area contributed by atoms with E-state index in [9.17, 15) is 9.59 Å². The van der Waals surface area contributed by atoms with E-state index in [4.69, 9.17) is 4.52 Å². The molecule has 7 nitrogen and oxygen atoms in total. The summed E-state index contributed by atoms with van der Waals surface area (Å²) in [5.74, 6) is 1.02. The van der Waals surface area contributed by atoms with Gasteiger partial charge >= 0.3 is 0 Å². The van der Waals surface area contributed by atoms with E-state index in [-0.39, 0.29) is 29.6 Å². The van der Waals surface area contributed by atoms with Crippen molar-refractivity contribution >= 4 is 5.91 Å². The highest BCUT2D eigenvalue weighted by atomic mass is 16.5. The van der Waals surface area contributed by atoms with Crippen LogP contribution in [-0.2, 0) is 13.0 Å². The molecular weight excluding hydrogens is 380 g/mol. The van der Waals surface area contributed by atoms with Crippen LogP contribution in [0.1, 0.15) is 60.0 Å². The third kappa shape index (κ3) is 4.67. The van der Waals surface area contributed by atoms with Gasteiger partial charge in [-0.2, -0.15) is 4.98 Å². The number of aryl methyl sites for hydroxylation is 1. The van der Waals surface area contributed by atoms with Crippen molar-refractivity contribution in [2.24, 2.45) is 5.92 Å². The van der Waals surface area contributed by atoms with Gasteiger partial charge in [0.25, 0.3) is 11.5 Å². The monoisotopic (exact) mass is 408 g/mol. The summed E-state index contributed by atoms with van der Waals surface area (Å²) in [6.07, 6.45) is 2.45. The lowest BCUT2D eigenvalue weighted by molar-refractivity contribution is 0.0766. The van der Waals surface area contributed by atoms with E-state index < -0.39 is 0 Å². The zero-order valence-corrected chi connectivity index (χ0v) is 18.1. The van der Waals surface area contributed by atoms with Gasteiger partial charge in [-0.25, -0.2) is 0 Å². The van der Waals surface area contributed by atoms with Crippen molar-refractivity contribution in [2.45, 2.75) is 46.7 Å². The van der Waals surface area contributed by atoms with Crippen molar-refractivity contribution < 1.29 is 9.32 Å². The number of nitrogens with zero attached hydrogens (tertiary/aromatic N) is 4. The lowest BCUT2D eigenvalue weighted by atomic mass is 10.1. The summed E-state index contributed by atoms with van der Waals surface area (Å²) in [5, 5.41) is 3.96. The van der Waals surface area contributed by atoms with Crippen molar-refractivity contribution in [1.29, 1.82) is 0 Å². The molecule has 0 aliphatic rings. The zero-order valence-electron chi connectivity index (χ0n) is 18.1. The molecule has 0 N–H and O–H groups in total. The molecule has 7 heteroatoms. The number of carbonyl (C=O) groups excluding carboxylic acids is 1. The molecule has 3 rings (SSSR count). The summed E-state index contributed by atoms with van der Waals surface area (Å²) in [4.78, 5) is 32.1. The largest absolute Gasteiger partial charge is 0.337 e. The molecule has 0 saturated carbocycles. The van der Waals surface area contributed by atoms with Gasteiger partial charge < -0.3 is 14.0 Å². The number of aromatic nitrogens is 3. The number of hydrogen-bond donors (Lipinski definition) is 0. The normalized spacial score (nSPS) is 12.2. The Bertz CT molecular complexity index is 1070. The summed E-state index contributed by atoms with van der Waals surface area (Å²) in [5.41, 5.74) is 1.48. The van der Waals surface area contributed by atoms with E-state index in [1.165, 1.54) is 4.90 Å². The molecule has 30 heavy (non-hydrogen) atoms. The van der Waals surface area contributed by atoms with Gasteiger partial charge in [0, 0.05) is 19.7 Å². The maximum Gasteiger partial charge on any atom is 0.264 e. The first-order valence-electron chi connectivity index (χ1n) is 10.1. The Kier molecular flexibility index (Phi) is 6.50. The van der Waals surface area contributed by atoms with Gasteiger partial charge in [-0.05, 0) is 37.0 Å². The predicted octanol–water partition coefficient (Wildman–Crippen LogP) is 3.62. The van der Waals surface area contributed by atoms with Crippen molar-refractivity contribution in [3.05, 3.63) is 81.4 Å². The Morgan fingerprint density at radius 2 is 1.87 bits per heavy atom. The molecule has 2 aromatic heterocycles. The van der Waals surface area contributed by atoms with Crippen LogP contribution in [0.2, 0.25) is 0 Å². The van der Waals surface area contributed by atoms with E-state index in [2.05, 4.69) is 24.0 Å². The van der Waals surface area contributed by atoms with Crippen LogP contribution < -0.4 is 5.56 Å². The van der Waals surface area contributed by atoms with Gasteiger partial charge in [0.1, 0.15) is 5.56 Å². The molecule has 2 heterocycles. The van der Waals surface area contributed by atoms with Crippen LogP contribution >= 0.6 is 0 Å². The standard InChI is InChI=1S/C23H28N4O3/c1-15(2)13-19-24-20(30-25-19)14-26(5)22(28)21-16(3)11-12-27(23(21)29)17(4)18-9-7-6-8-10-18/h6-12,15,17H,13-14H2,1-5H3. The molecule has 158 valence electrons. The van der Waals surface area contributed by atoms with Crippen molar-refractivity contribution in [3.63, 3.8) is 0 Å². The average Bonchev–Trinajstić information content (AvgIpc) is 3.14. The van der Waals surface area contributed by atoms with E-state index in [0.29, 0.717) is 29.6 Å². The quantitative estimate of drug-likeness (QED) is 0.596. The molecule has 0 aliphatic carbocycles. The van der Waals surface area contributed by atoms with Crippen LogP contribution in [0.15, 0.2) is 51.9 Å². The van der Waals surface area contributed by atoms with Crippen LogP contribution in [0.4, 0.5) is 0 Å². The Labute approximate surface area is 176 Å². The second kappa shape index (κ2) is 9.07. The maximum atomic E-state index is 13.2. The SMILES string of the molecule is Cc1ccn(C(C)c2ccccc2)c(=O)c1C(=O)N(C)Cc1nc(CC(C)C)no1. The first-order chi connectivity index (χ1) is 14.3. The number of carbonyl (C=O) groups is 1. The smallest absolute Gasteiger partial charge is 0.264 e. The van der Waals surface area contributed by atoms with E-state index in [0.717, 1.165) is 5.56 Å². The van der Waals surface area contributed by atoms with E-state index >= 15 is 0 Å². The molecule has 1 atom stereocenters. The first-order valence-corrected chi connectivity index (χ1v) is 10.1. The number of rotatable bonds is 7. The van der Waals surface area contributed by atoms with Gasteiger partial charge in [-0.1, -0.05) is 49.3 Å². The molecular formula is C23H28N4O3. The molecule has 0 radical (unpaired) electrons. The second-order valence-corrected chi connectivity index (χ2v) is 8.04. The number of amides is 1. The Hall–Kier alpha value is -3.22. The third-order valence-corrected chi connectivity index (χ3v) is 5.06. The van der Waals surface area contributed by atoms with Gasteiger partial charge in [-0.3, -0.25) is 9.59 Å². The molecule has 0 fully saturated rings. The summed E-state index contributed by atoms with van der Waals surface area (Å²) >= 11 is 0. The highest BCUT2D eigenvalue weighted by Gasteiger charge is 2.23. The molecule has 0 spiro atoms. The highest BCUT2D eigenvalue weighted by molar-refractivity contribution is 5.95. The Morgan fingerprint density at radius 1 is 1.17 bits per heavy atom. The van der Waals surface area contributed by atoms with Crippen LogP contribution in [-0.4, -0.2) is 32.6 Å². The predicted molar refractivity (Wildman–Crippen MR) is 114 cm³/mol. The Morgan fingerprint density at radius 3 is 2.53 bits per heavy atom. The number of pyridine rings is 1. The van der Waals surface area contributed by atoms with Gasteiger partial charge in [0.05, 0.1) is 12.6 Å². The van der Waals surface area contributed by atoms with Gasteiger partial charge in [0.2, 0.25) is 5.89 Å². The fourth-order valence-electron chi connectivity index (χ4n) is 3.37. The minimum Gasteiger partial charge on any atom is -0.337 e. The van der Waals surface area contributed by atoms with E-state index in [1.54, 1.807) is 30.8 Å². The summed E-state index contributed by atoms with van der Waals surface area (Å²) in [6, 6.07) is 11.3. The first kappa shape index (κ1) is 21.5. The maximum absolute atomic E-state index is 13.2. The lowest BCUT2D eigenvalue weighted by Crippen LogP contribution is -2.36. The van der Waals surface area contributed by atoms with Crippen LogP contribution in [0.5, 0.6) is 0 Å². The van der Waals surface area contributed by atoms with Crippen molar-refractivity contribution in [1.82, 2.24) is 19.6 Å². The molecule has 3 aromatic rings. The molecule has 1 unspecified atom stereocenters. The summed E-state index contributed by atoms with van der Waals surface area (Å²) in [7, 11) is 1.63. The van der Waals surface area contributed by atoms with Crippen molar-refractivity contribution in [3.8, 4) is 0 Å². The minimum absolute atomic E-state index is 0.145. The van der Waals surface area contributed by atoms with Crippen molar-refractivity contribution in [2.75, 3.05) is 7.05 Å². The molecule has 0 saturated heterocycles. The third-order valence-electron chi connectivity index (χ3n) is 5.06. The van der Waals surface area contributed by atoms with Crippen LogP contribution in [0, 0.1) is 12.8 Å². The highest BCUT2D eigenvalue weighted by Crippen LogP contribution is 2.17. The molecule has 0 aliphatic heterocycles. The fraction of sp³-hybridized carbons (Fsp3) is 0.391. The molecule has 0 bridgehead atoms. The van der Waals surface area contributed by atoms with E-state index in [1.807, 2.05) is 37.3 Å².